The quantitative estimate of drug-likeness (QED) is 0.615. The topological polar surface area (TPSA) is 25.8 Å². The van der Waals surface area contributed by atoms with E-state index in [2.05, 4.69) is 9.97 Å². The molecule has 17 heavy (non-hydrogen) atoms. The van der Waals surface area contributed by atoms with E-state index in [1.807, 2.05) is 26.0 Å². The monoisotopic (exact) mass is 286 g/mol. The summed E-state index contributed by atoms with van der Waals surface area (Å²) >= 11 is 13.5. The van der Waals surface area contributed by atoms with Crippen molar-refractivity contribution in [1.29, 1.82) is 0 Å². The molecule has 0 aliphatic heterocycles. The highest BCUT2D eigenvalue weighted by molar-refractivity contribution is 7.15. The molecular formula is C12H12Cl2N2S. The van der Waals surface area contributed by atoms with Gasteiger partial charge in [0.05, 0.1) is 10.8 Å². The van der Waals surface area contributed by atoms with Gasteiger partial charge in [-0.25, -0.2) is 9.97 Å². The lowest BCUT2D eigenvalue weighted by atomic mass is 10.2. The van der Waals surface area contributed by atoms with Crippen LogP contribution in [0.25, 0.3) is 10.7 Å². The number of halogens is 2. The van der Waals surface area contributed by atoms with Crippen molar-refractivity contribution >= 4 is 34.5 Å². The first-order valence-electron chi connectivity index (χ1n) is 5.33. The van der Waals surface area contributed by atoms with Crippen LogP contribution < -0.4 is 0 Å². The molecule has 0 spiro atoms. The zero-order valence-electron chi connectivity index (χ0n) is 9.63. The first-order chi connectivity index (χ1) is 8.15. The standard InChI is InChI=1S/C12H12Cl2N2S/c1-3-9-7(2)15-12(16-11(9)14)10-5-4-8(6-13)17-10/h4-5H,3,6H2,1-2H3. The average molecular weight is 287 g/mol. The highest BCUT2D eigenvalue weighted by Gasteiger charge is 2.11. The van der Waals surface area contributed by atoms with E-state index < -0.39 is 0 Å². The summed E-state index contributed by atoms with van der Waals surface area (Å²) in [5.74, 6) is 1.20. The Kier molecular flexibility index (Phi) is 4.02. The molecule has 2 heterocycles. The third kappa shape index (κ3) is 2.62. The van der Waals surface area contributed by atoms with E-state index in [-0.39, 0.29) is 0 Å². The Morgan fingerprint density at radius 1 is 1.29 bits per heavy atom. The number of aromatic nitrogens is 2. The van der Waals surface area contributed by atoms with Gasteiger partial charge in [-0.2, -0.15) is 0 Å². The summed E-state index contributed by atoms with van der Waals surface area (Å²) in [7, 11) is 0. The lowest BCUT2D eigenvalue weighted by Crippen LogP contribution is -1.98. The van der Waals surface area contributed by atoms with Gasteiger partial charge in [-0.1, -0.05) is 18.5 Å². The van der Waals surface area contributed by atoms with E-state index in [0.29, 0.717) is 16.9 Å². The maximum absolute atomic E-state index is 6.15. The predicted molar refractivity (Wildman–Crippen MR) is 74.0 cm³/mol. The molecule has 0 radical (unpaired) electrons. The number of nitrogens with zero attached hydrogens (tertiary/aromatic N) is 2. The van der Waals surface area contributed by atoms with Crippen LogP contribution in [0.4, 0.5) is 0 Å². The normalized spacial score (nSPS) is 10.8. The van der Waals surface area contributed by atoms with Gasteiger partial charge >= 0.3 is 0 Å². The Bertz CT molecular complexity index is 514. The van der Waals surface area contributed by atoms with Crippen molar-refractivity contribution < 1.29 is 0 Å². The molecule has 0 aromatic carbocycles. The molecule has 0 atom stereocenters. The Labute approximate surface area is 115 Å². The first kappa shape index (κ1) is 12.8. The fraction of sp³-hybridized carbons (Fsp3) is 0.333. The smallest absolute Gasteiger partial charge is 0.171 e. The Hall–Kier alpha value is -0.640. The lowest BCUT2D eigenvalue weighted by molar-refractivity contribution is 1.00. The van der Waals surface area contributed by atoms with Crippen LogP contribution in [0.5, 0.6) is 0 Å². The molecule has 0 bridgehead atoms. The van der Waals surface area contributed by atoms with Crippen molar-refractivity contribution in [3.05, 3.63) is 33.4 Å². The van der Waals surface area contributed by atoms with Crippen molar-refractivity contribution in [2.75, 3.05) is 0 Å². The molecular weight excluding hydrogens is 275 g/mol. The third-order valence-electron chi connectivity index (χ3n) is 2.53. The van der Waals surface area contributed by atoms with Crippen LogP contribution in [-0.2, 0) is 12.3 Å². The molecule has 0 N–H and O–H groups in total. The summed E-state index contributed by atoms with van der Waals surface area (Å²) in [5.41, 5.74) is 1.97. The molecule has 0 unspecified atom stereocenters. The summed E-state index contributed by atoms with van der Waals surface area (Å²) in [6, 6.07) is 3.98. The molecule has 5 heteroatoms. The number of aryl methyl sites for hydroxylation is 1. The molecule has 2 rings (SSSR count). The highest BCUT2D eigenvalue weighted by atomic mass is 35.5. The van der Waals surface area contributed by atoms with Crippen molar-refractivity contribution in [1.82, 2.24) is 9.97 Å². The minimum absolute atomic E-state index is 0.518. The van der Waals surface area contributed by atoms with Crippen molar-refractivity contribution in [3.63, 3.8) is 0 Å². The van der Waals surface area contributed by atoms with Gasteiger partial charge in [0.2, 0.25) is 0 Å². The zero-order valence-corrected chi connectivity index (χ0v) is 12.0. The van der Waals surface area contributed by atoms with Gasteiger partial charge in [0.1, 0.15) is 5.15 Å². The van der Waals surface area contributed by atoms with Gasteiger partial charge < -0.3 is 0 Å². The number of thiophene rings is 1. The van der Waals surface area contributed by atoms with Gasteiger partial charge in [0, 0.05) is 16.1 Å². The molecule has 2 nitrogen and oxygen atoms in total. The molecule has 2 aromatic heterocycles. The summed E-state index contributed by atoms with van der Waals surface area (Å²) in [6.07, 6.45) is 0.850. The van der Waals surface area contributed by atoms with Crippen LogP contribution in [0.15, 0.2) is 12.1 Å². The molecule has 90 valence electrons. The van der Waals surface area contributed by atoms with E-state index in [1.54, 1.807) is 11.3 Å². The van der Waals surface area contributed by atoms with E-state index in [0.717, 1.165) is 27.4 Å². The Balaban J connectivity index is 2.46. The SMILES string of the molecule is CCc1c(C)nc(-c2ccc(CCl)s2)nc1Cl. The van der Waals surface area contributed by atoms with Crippen LogP contribution in [0.3, 0.4) is 0 Å². The summed E-state index contributed by atoms with van der Waals surface area (Å²) in [5, 5.41) is 0.552. The van der Waals surface area contributed by atoms with Gasteiger partial charge in [-0.15, -0.1) is 22.9 Å². The molecule has 0 saturated heterocycles. The third-order valence-corrected chi connectivity index (χ3v) is 4.37. The summed E-state index contributed by atoms with van der Waals surface area (Å²) < 4.78 is 0. The van der Waals surface area contributed by atoms with Crippen LogP contribution >= 0.6 is 34.5 Å². The van der Waals surface area contributed by atoms with Crippen molar-refractivity contribution in [3.8, 4) is 10.7 Å². The lowest BCUT2D eigenvalue weighted by Gasteiger charge is -2.06. The van der Waals surface area contributed by atoms with Crippen LogP contribution in [0, 0.1) is 6.92 Å². The van der Waals surface area contributed by atoms with Crippen molar-refractivity contribution in [2.24, 2.45) is 0 Å². The molecule has 2 aromatic rings. The van der Waals surface area contributed by atoms with Crippen LogP contribution in [-0.4, -0.2) is 9.97 Å². The second-order valence-electron chi connectivity index (χ2n) is 3.66. The number of rotatable bonds is 3. The van der Waals surface area contributed by atoms with Crippen LogP contribution in [0.1, 0.15) is 23.1 Å². The van der Waals surface area contributed by atoms with E-state index >= 15 is 0 Å². The minimum Gasteiger partial charge on any atom is -0.232 e. The molecule has 0 aliphatic rings. The van der Waals surface area contributed by atoms with Crippen LogP contribution in [0.2, 0.25) is 5.15 Å². The van der Waals surface area contributed by atoms with Gasteiger partial charge in [0.25, 0.3) is 0 Å². The van der Waals surface area contributed by atoms with E-state index in [1.165, 1.54) is 0 Å². The van der Waals surface area contributed by atoms with E-state index in [9.17, 15) is 0 Å². The molecule has 0 amide bonds. The first-order valence-corrected chi connectivity index (χ1v) is 7.06. The largest absolute Gasteiger partial charge is 0.232 e. The fourth-order valence-corrected chi connectivity index (χ4v) is 3.04. The summed E-state index contributed by atoms with van der Waals surface area (Å²) in [6.45, 7) is 4.01. The summed E-state index contributed by atoms with van der Waals surface area (Å²) in [4.78, 5) is 11.0. The second kappa shape index (κ2) is 5.34. The molecule has 0 saturated carbocycles. The predicted octanol–water partition coefficient (Wildman–Crippen LogP) is 4.47. The fourth-order valence-electron chi connectivity index (χ4n) is 1.64. The second-order valence-corrected chi connectivity index (χ2v) is 5.45. The van der Waals surface area contributed by atoms with Crippen molar-refractivity contribution in [2.45, 2.75) is 26.1 Å². The maximum atomic E-state index is 6.15. The van der Waals surface area contributed by atoms with Gasteiger partial charge in [-0.3, -0.25) is 0 Å². The number of hydrogen-bond acceptors (Lipinski definition) is 3. The van der Waals surface area contributed by atoms with Gasteiger partial charge in [0.15, 0.2) is 5.82 Å². The minimum atomic E-state index is 0.518. The van der Waals surface area contributed by atoms with Gasteiger partial charge in [-0.05, 0) is 25.5 Å². The number of alkyl halides is 1. The molecule has 0 fully saturated rings. The molecule has 0 aliphatic carbocycles. The average Bonchev–Trinajstić information content (AvgIpc) is 2.77. The Morgan fingerprint density at radius 2 is 2.06 bits per heavy atom. The maximum Gasteiger partial charge on any atom is 0.171 e. The number of hydrogen-bond donors (Lipinski definition) is 0. The Morgan fingerprint density at radius 3 is 2.59 bits per heavy atom. The van der Waals surface area contributed by atoms with E-state index in [4.69, 9.17) is 23.2 Å². The highest BCUT2D eigenvalue weighted by Crippen LogP contribution is 2.28. The zero-order chi connectivity index (χ0) is 12.4.